The second-order valence-electron chi connectivity index (χ2n) is 7.55. The van der Waals surface area contributed by atoms with Gasteiger partial charge in [0, 0.05) is 41.6 Å². The van der Waals surface area contributed by atoms with Gasteiger partial charge in [0.25, 0.3) is 0 Å². The zero-order valence-corrected chi connectivity index (χ0v) is 20.3. The van der Waals surface area contributed by atoms with Gasteiger partial charge in [0.05, 0.1) is 17.9 Å². The molecule has 0 saturated heterocycles. The second kappa shape index (κ2) is 11.2. The minimum absolute atomic E-state index is 0.0944. The van der Waals surface area contributed by atoms with Gasteiger partial charge in [0.1, 0.15) is 6.61 Å². The fourth-order valence-corrected chi connectivity index (χ4v) is 3.71. The number of nitrogens with one attached hydrogen (secondary N) is 2. The van der Waals surface area contributed by atoms with Crippen LogP contribution in [-0.4, -0.2) is 41.5 Å². The number of hydrogen-bond acceptors (Lipinski definition) is 4. The van der Waals surface area contributed by atoms with Gasteiger partial charge in [0.15, 0.2) is 11.4 Å². The Balaban J connectivity index is 1.81. The highest BCUT2D eigenvalue weighted by atomic mass is 35.5. The molecule has 3 amide bonds. The molecular formula is C23H27Cl2N5O3. The zero-order chi connectivity index (χ0) is 24.0. The number of unbranched alkanes of at least 4 members (excludes halogenated alkanes) is 1. The number of aryl methyl sites for hydroxylation is 1. The van der Waals surface area contributed by atoms with Crippen LogP contribution >= 0.6 is 23.2 Å². The molecule has 0 bridgehead atoms. The molecule has 1 aromatic carbocycles. The number of urea groups is 1. The van der Waals surface area contributed by atoms with Gasteiger partial charge in [-0.25, -0.2) is 9.78 Å². The molecule has 0 aliphatic rings. The van der Waals surface area contributed by atoms with Crippen molar-refractivity contribution in [3.05, 3.63) is 58.0 Å². The number of benzene rings is 1. The molecule has 2 N–H and O–H groups in total. The summed E-state index contributed by atoms with van der Waals surface area (Å²) in [6.45, 7) is 4.40. The maximum atomic E-state index is 12.8. The molecule has 0 aliphatic carbocycles. The number of nitrogens with zero attached hydrogens (tertiary/aromatic N) is 3. The molecule has 0 unspecified atom stereocenters. The Labute approximate surface area is 202 Å². The fourth-order valence-electron chi connectivity index (χ4n) is 3.21. The van der Waals surface area contributed by atoms with Crippen molar-refractivity contribution in [3.8, 4) is 5.75 Å². The lowest BCUT2D eigenvalue weighted by atomic mass is 10.2. The van der Waals surface area contributed by atoms with Gasteiger partial charge in [-0.15, -0.1) is 0 Å². The Morgan fingerprint density at radius 2 is 1.91 bits per heavy atom. The summed E-state index contributed by atoms with van der Waals surface area (Å²) in [4.78, 5) is 30.7. The lowest BCUT2D eigenvalue weighted by Gasteiger charge is -2.22. The Morgan fingerprint density at radius 1 is 1.18 bits per heavy atom. The molecule has 0 atom stereocenters. The van der Waals surface area contributed by atoms with Crippen LogP contribution < -0.4 is 20.3 Å². The molecule has 0 spiro atoms. The first-order valence-electron chi connectivity index (χ1n) is 10.6. The van der Waals surface area contributed by atoms with Gasteiger partial charge in [-0.1, -0.05) is 42.6 Å². The van der Waals surface area contributed by atoms with Crippen molar-refractivity contribution < 1.29 is 14.3 Å². The topological polar surface area (TPSA) is 88.0 Å². The van der Waals surface area contributed by atoms with Gasteiger partial charge < -0.3 is 24.7 Å². The molecule has 10 heteroatoms. The number of anilines is 1. The Kier molecular flexibility index (Phi) is 8.41. The predicted molar refractivity (Wildman–Crippen MR) is 130 cm³/mol. The van der Waals surface area contributed by atoms with E-state index in [1.165, 1.54) is 4.90 Å². The van der Waals surface area contributed by atoms with Crippen molar-refractivity contribution in [2.45, 2.75) is 33.3 Å². The summed E-state index contributed by atoms with van der Waals surface area (Å²) < 4.78 is 7.95. The maximum Gasteiger partial charge on any atom is 0.315 e. The number of hydrogen-bond donors (Lipinski definition) is 2. The van der Waals surface area contributed by atoms with E-state index in [0.29, 0.717) is 39.2 Å². The number of fused-ring (bicyclic) bond motifs is 1. The van der Waals surface area contributed by atoms with Crippen LogP contribution in [0.25, 0.3) is 5.65 Å². The number of imidazole rings is 1. The zero-order valence-electron chi connectivity index (χ0n) is 18.8. The van der Waals surface area contributed by atoms with Gasteiger partial charge in [-0.2, -0.15) is 0 Å². The van der Waals surface area contributed by atoms with E-state index in [4.69, 9.17) is 27.9 Å². The summed E-state index contributed by atoms with van der Waals surface area (Å²) >= 11 is 12.6. The van der Waals surface area contributed by atoms with E-state index in [0.717, 1.165) is 18.5 Å². The third-order valence-corrected chi connectivity index (χ3v) is 5.76. The van der Waals surface area contributed by atoms with Crippen LogP contribution in [-0.2, 0) is 11.4 Å². The normalized spacial score (nSPS) is 10.8. The molecule has 3 aromatic rings. The third-order valence-electron chi connectivity index (χ3n) is 5.06. The summed E-state index contributed by atoms with van der Waals surface area (Å²) in [5.41, 5.74) is 2.50. The minimum Gasteiger partial charge on any atom is -0.483 e. The average molecular weight is 492 g/mol. The molecule has 0 fully saturated rings. The van der Waals surface area contributed by atoms with Gasteiger partial charge in [-0.3, -0.25) is 4.79 Å². The number of aromatic nitrogens is 2. The average Bonchev–Trinajstić information content (AvgIpc) is 3.17. The van der Waals surface area contributed by atoms with E-state index in [2.05, 4.69) is 15.6 Å². The summed E-state index contributed by atoms with van der Waals surface area (Å²) in [7, 11) is 1.62. The summed E-state index contributed by atoms with van der Waals surface area (Å²) in [5, 5.41) is 6.28. The van der Waals surface area contributed by atoms with E-state index < -0.39 is 0 Å². The first kappa shape index (κ1) is 24.7. The van der Waals surface area contributed by atoms with Gasteiger partial charge in [-0.05, 0) is 31.5 Å². The van der Waals surface area contributed by atoms with Crippen LogP contribution in [0.1, 0.15) is 31.0 Å². The lowest BCUT2D eigenvalue weighted by Crippen LogP contribution is -2.43. The van der Waals surface area contributed by atoms with E-state index in [9.17, 15) is 9.59 Å². The predicted octanol–water partition coefficient (Wildman–Crippen LogP) is 4.59. The van der Waals surface area contributed by atoms with Crippen LogP contribution in [0.15, 0.2) is 36.7 Å². The minimum atomic E-state index is -0.380. The summed E-state index contributed by atoms with van der Waals surface area (Å²) in [5.74, 6) is 0.0960. The van der Waals surface area contributed by atoms with E-state index in [1.54, 1.807) is 37.5 Å². The van der Waals surface area contributed by atoms with Crippen LogP contribution in [0, 0.1) is 6.92 Å². The van der Waals surface area contributed by atoms with Crippen molar-refractivity contribution >= 4 is 46.5 Å². The molecule has 176 valence electrons. The number of halogens is 2. The van der Waals surface area contributed by atoms with Gasteiger partial charge in [0.2, 0.25) is 5.91 Å². The van der Waals surface area contributed by atoms with Crippen molar-refractivity contribution in [1.29, 1.82) is 0 Å². The molecule has 0 aliphatic heterocycles. The molecule has 8 nitrogen and oxygen atoms in total. The van der Waals surface area contributed by atoms with Gasteiger partial charge >= 0.3 is 6.03 Å². The highest BCUT2D eigenvalue weighted by Crippen LogP contribution is 2.34. The van der Waals surface area contributed by atoms with E-state index >= 15 is 0 Å². The number of amides is 3. The van der Waals surface area contributed by atoms with Crippen molar-refractivity contribution in [3.63, 3.8) is 0 Å². The molecule has 0 saturated carbocycles. The quantitative estimate of drug-likeness (QED) is 0.428. The van der Waals surface area contributed by atoms with E-state index in [1.807, 2.05) is 24.4 Å². The smallest absolute Gasteiger partial charge is 0.315 e. The summed E-state index contributed by atoms with van der Waals surface area (Å²) in [6.07, 6.45) is 5.51. The number of carbonyl (C=O) groups excluding carboxylic acids is 2. The largest absolute Gasteiger partial charge is 0.483 e. The van der Waals surface area contributed by atoms with Crippen LogP contribution in [0.3, 0.4) is 0 Å². The first-order valence-corrected chi connectivity index (χ1v) is 11.4. The highest BCUT2D eigenvalue weighted by Gasteiger charge is 2.21. The summed E-state index contributed by atoms with van der Waals surface area (Å²) in [6, 6.07) is 6.61. The Morgan fingerprint density at radius 3 is 2.61 bits per heavy atom. The highest BCUT2D eigenvalue weighted by molar-refractivity contribution is 6.35. The van der Waals surface area contributed by atoms with E-state index in [-0.39, 0.29) is 25.1 Å². The fraction of sp³-hybridized carbons (Fsp3) is 0.348. The number of likely N-dealkylation sites (N-methyl/N-ethyl adjacent to an activating group) is 1. The van der Waals surface area contributed by atoms with Crippen LogP contribution in [0.5, 0.6) is 5.75 Å². The Hall–Kier alpha value is -2.97. The monoisotopic (exact) mass is 491 g/mol. The number of carbonyl (C=O) groups is 2. The molecule has 2 heterocycles. The van der Waals surface area contributed by atoms with Crippen LogP contribution in [0.2, 0.25) is 10.0 Å². The third kappa shape index (κ3) is 6.09. The lowest BCUT2D eigenvalue weighted by molar-refractivity contribution is -0.117. The van der Waals surface area contributed by atoms with Crippen molar-refractivity contribution in [2.75, 3.05) is 25.0 Å². The van der Waals surface area contributed by atoms with Crippen LogP contribution in [0.4, 0.5) is 10.5 Å². The molecular weight excluding hydrogens is 465 g/mol. The molecule has 0 radical (unpaired) electrons. The molecule has 3 rings (SSSR count). The maximum absolute atomic E-state index is 12.8. The Bertz CT molecular complexity index is 1130. The number of rotatable bonds is 9. The number of ether oxygens (including phenoxy) is 1. The van der Waals surface area contributed by atoms with Crippen molar-refractivity contribution in [1.82, 2.24) is 20.0 Å². The molecule has 33 heavy (non-hydrogen) atoms. The SMILES string of the molecule is CCCCNC(=O)NCC(=O)N(C)c1ccn2cc(C)nc2c1OCc1c(Cl)cccc1Cl. The second-order valence-corrected chi connectivity index (χ2v) is 8.36. The molecule has 2 aromatic heterocycles. The number of pyridine rings is 1. The standard InChI is InChI=1S/C23H27Cl2N5O3/c1-4-5-10-26-23(32)27-12-20(31)29(3)19-9-11-30-13-15(2)28-22(30)21(19)33-14-16-17(24)7-6-8-18(16)25/h6-9,11,13H,4-5,10,12,14H2,1-3H3,(H2,26,27,32). The first-order chi connectivity index (χ1) is 15.8. The van der Waals surface area contributed by atoms with Crippen molar-refractivity contribution in [2.24, 2.45) is 0 Å².